The van der Waals surface area contributed by atoms with Crippen LogP contribution in [0.5, 0.6) is 0 Å². The van der Waals surface area contributed by atoms with Crippen LogP contribution in [0.4, 0.5) is 0 Å². The number of rotatable bonds is 3. The number of hydrogen-bond donors (Lipinski definition) is 1. The second-order valence-corrected chi connectivity index (χ2v) is 4.83. The lowest BCUT2D eigenvalue weighted by Gasteiger charge is -2.32. The summed E-state index contributed by atoms with van der Waals surface area (Å²) in [5.41, 5.74) is -1.04. The van der Waals surface area contributed by atoms with E-state index in [4.69, 9.17) is 9.84 Å². The Morgan fingerprint density at radius 2 is 2.07 bits per heavy atom. The van der Waals surface area contributed by atoms with E-state index in [1.807, 2.05) is 0 Å². The minimum absolute atomic E-state index is 0.129. The third-order valence-corrected chi connectivity index (χ3v) is 2.86. The maximum Gasteiger partial charge on any atom is 0.335 e. The number of ether oxygens (including phenoxy) is 1. The Hall–Kier alpha value is -0.570. The van der Waals surface area contributed by atoms with Gasteiger partial charge in [0.25, 0.3) is 0 Å². The van der Waals surface area contributed by atoms with Gasteiger partial charge >= 0.3 is 5.97 Å². The third-order valence-electron chi connectivity index (χ3n) is 2.86. The lowest BCUT2D eigenvalue weighted by atomic mass is 9.88. The summed E-state index contributed by atoms with van der Waals surface area (Å²) in [7, 11) is 0. The molecule has 0 aromatic heterocycles. The van der Waals surface area contributed by atoms with E-state index in [9.17, 15) is 4.79 Å². The molecule has 1 saturated carbocycles. The van der Waals surface area contributed by atoms with Crippen molar-refractivity contribution in [3.05, 3.63) is 0 Å². The van der Waals surface area contributed by atoms with Gasteiger partial charge in [0.2, 0.25) is 0 Å². The average molecular weight is 200 g/mol. The van der Waals surface area contributed by atoms with E-state index in [-0.39, 0.29) is 6.10 Å². The number of carboxylic acid groups (broad SMARTS) is 1. The van der Waals surface area contributed by atoms with Crippen molar-refractivity contribution in [2.45, 2.75) is 58.2 Å². The smallest absolute Gasteiger partial charge is 0.335 e. The van der Waals surface area contributed by atoms with Crippen LogP contribution in [0.2, 0.25) is 0 Å². The fourth-order valence-electron chi connectivity index (χ4n) is 1.95. The SMILES string of the molecule is CC1CCCC(OC(C)(C)C(=O)O)C1. The molecule has 1 aliphatic rings. The van der Waals surface area contributed by atoms with Gasteiger partial charge in [-0.25, -0.2) is 4.79 Å². The van der Waals surface area contributed by atoms with Crippen LogP contribution in [0, 0.1) is 5.92 Å². The predicted molar refractivity (Wildman–Crippen MR) is 54.2 cm³/mol. The van der Waals surface area contributed by atoms with E-state index in [1.54, 1.807) is 13.8 Å². The monoisotopic (exact) mass is 200 g/mol. The van der Waals surface area contributed by atoms with Crippen molar-refractivity contribution in [2.75, 3.05) is 0 Å². The van der Waals surface area contributed by atoms with Crippen LogP contribution in [0.25, 0.3) is 0 Å². The Kier molecular flexibility index (Phi) is 3.53. The Bertz CT molecular complexity index is 211. The van der Waals surface area contributed by atoms with E-state index >= 15 is 0 Å². The quantitative estimate of drug-likeness (QED) is 0.761. The molecule has 0 aromatic rings. The first-order valence-electron chi connectivity index (χ1n) is 5.33. The zero-order chi connectivity index (χ0) is 10.8. The summed E-state index contributed by atoms with van der Waals surface area (Å²) in [4.78, 5) is 10.9. The molecule has 0 saturated heterocycles. The number of aliphatic carboxylic acids is 1. The van der Waals surface area contributed by atoms with Crippen LogP contribution in [-0.2, 0) is 9.53 Å². The van der Waals surface area contributed by atoms with Gasteiger partial charge in [-0.15, -0.1) is 0 Å². The molecule has 1 rings (SSSR count). The van der Waals surface area contributed by atoms with Crippen molar-refractivity contribution >= 4 is 5.97 Å². The van der Waals surface area contributed by atoms with Crippen molar-refractivity contribution in [1.82, 2.24) is 0 Å². The molecule has 0 amide bonds. The third kappa shape index (κ3) is 2.98. The minimum atomic E-state index is -1.04. The Morgan fingerprint density at radius 3 is 2.57 bits per heavy atom. The standard InChI is InChI=1S/C11H20O3/c1-8-5-4-6-9(7-8)14-11(2,3)10(12)13/h8-9H,4-7H2,1-3H3,(H,12,13). The summed E-state index contributed by atoms with van der Waals surface area (Å²) in [5.74, 6) is -0.214. The summed E-state index contributed by atoms with van der Waals surface area (Å²) >= 11 is 0. The molecule has 2 unspecified atom stereocenters. The van der Waals surface area contributed by atoms with Gasteiger partial charge in [0.1, 0.15) is 0 Å². The second kappa shape index (κ2) is 4.30. The van der Waals surface area contributed by atoms with Crippen molar-refractivity contribution in [3.63, 3.8) is 0 Å². The largest absolute Gasteiger partial charge is 0.479 e. The van der Waals surface area contributed by atoms with E-state index in [2.05, 4.69) is 6.92 Å². The van der Waals surface area contributed by atoms with Gasteiger partial charge in [0.05, 0.1) is 6.10 Å². The first-order chi connectivity index (χ1) is 6.42. The molecule has 2 atom stereocenters. The van der Waals surface area contributed by atoms with Crippen LogP contribution in [0.15, 0.2) is 0 Å². The van der Waals surface area contributed by atoms with Gasteiger partial charge in [-0.2, -0.15) is 0 Å². The molecule has 0 radical (unpaired) electrons. The normalized spacial score (nSPS) is 28.8. The Morgan fingerprint density at radius 1 is 1.43 bits per heavy atom. The Balaban J connectivity index is 2.47. The van der Waals surface area contributed by atoms with Crippen LogP contribution in [0.1, 0.15) is 46.5 Å². The van der Waals surface area contributed by atoms with Crippen LogP contribution < -0.4 is 0 Å². The van der Waals surface area contributed by atoms with E-state index in [0.717, 1.165) is 19.3 Å². The van der Waals surface area contributed by atoms with Crippen molar-refractivity contribution < 1.29 is 14.6 Å². The lowest BCUT2D eigenvalue weighted by molar-refractivity contribution is -0.170. The fourth-order valence-corrected chi connectivity index (χ4v) is 1.95. The molecular weight excluding hydrogens is 180 g/mol. The molecule has 0 heterocycles. The average Bonchev–Trinajstić information content (AvgIpc) is 2.02. The summed E-state index contributed by atoms with van der Waals surface area (Å²) < 4.78 is 5.61. The van der Waals surface area contributed by atoms with Crippen LogP contribution >= 0.6 is 0 Å². The number of carbonyl (C=O) groups is 1. The highest BCUT2D eigenvalue weighted by molar-refractivity contribution is 5.76. The molecule has 0 aliphatic heterocycles. The van der Waals surface area contributed by atoms with E-state index in [1.165, 1.54) is 6.42 Å². The maximum atomic E-state index is 10.9. The molecule has 3 heteroatoms. The number of carboxylic acids is 1. The molecule has 0 spiro atoms. The van der Waals surface area contributed by atoms with Gasteiger partial charge in [-0.3, -0.25) is 0 Å². The van der Waals surface area contributed by atoms with Gasteiger partial charge in [-0.05, 0) is 32.6 Å². The highest BCUT2D eigenvalue weighted by Gasteiger charge is 2.32. The molecular formula is C11H20O3. The molecule has 1 aliphatic carbocycles. The van der Waals surface area contributed by atoms with Crippen molar-refractivity contribution in [1.29, 1.82) is 0 Å². The highest BCUT2D eigenvalue weighted by atomic mass is 16.5. The molecule has 1 N–H and O–H groups in total. The molecule has 0 aromatic carbocycles. The molecule has 0 bridgehead atoms. The maximum absolute atomic E-state index is 10.9. The summed E-state index contributed by atoms with van der Waals surface area (Å²) in [5, 5.41) is 8.91. The first-order valence-corrected chi connectivity index (χ1v) is 5.33. The zero-order valence-corrected chi connectivity index (χ0v) is 9.25. The van der Waals surface area contributed by atoms with Crippen molar-refractivity contribution in [3.8, 4) is 0 Å². The van der Waals surface area contributed by atoms with Crippen LogP contribution in [-0.4, -0.2) is 22.8 Å². The first kappa shape index (κ1) is 11.5. The molecule has 1 fully saturated rings. The lowest BCUT2D eigenvalue weighted by Crippen LogP contribution is -2.40. The molecule has 14 heavy (non-hydrogen) atoms. The predicted octanol–water partition coefficient (Wildman–Crippen LogP) is 2.44. The zero-order valence-electron chi connectivity index (χ0n) is 9.25. The van der Waals surface area contributed by atoms with Gasteiger partial charge in [0.15, 0.2) is 5.60 Å². The number of hydrogen-bond acceptors (Lipinski definition) is 2. The van der Waals surface area contributed by atoms with E-state index in [0.29, 0.717) is 5.92 Å². The second-order valence-electron chi connectivity index (χ2n) is 4.83. The van der Waals surface area contributed by atoms with Crippen molar-refractivity contribution in [2.24, 2.45) is 5.92 Å². The fraction of sp³-hybridized carbons (Fsp3) is 0.909. The van der Waals surface area contributed by atoms with Crippen LogP contribution in [0.3, 0.4) is 0 Å². The summed E-state index contributed by atoms with van der Waals surface area (Å²) in [6.45, 7) is 5.44. The minimum Gasteiger partial charge on any atom is -0.479 e. The van der Waals surface area contributed by atoms with Gasteiger partial charge in [0, 0.05) is 0 Å². The highest BCUT2D eigenvalue weighted by Crippen LogP contribution is 2.28. The summed E-state index contributed by atoms with van der Waals surface area (Å²) in [6, 6.07) is 0. The van der Waals surface area contributed by atoms with E-state index < -0.39 is 11.6 Å². The molecule has 82 valence electrons. The summed E-state index contributed by atoms with van der Waals surface area (Å²) in [6.07, 6.45) is 4.52. The Labute approximate surface area is 85.5 Å². The molecule has 3 nitrogen and oxygen atoms in total. The topological polar surface area (TPSA) is 46.5 Å². The van der Waals surface area contributed by atoms with Gasteiger partial charge in [-0.1, -0.05) is 19.8 Å². The van der Waals surface area contributed by atoms with Gasteiger partial charge < -0.3 is 9.84 Å².